The van der Waals surface area contributed by atoms with Crippen molar-refractivity contribution in [3.05, 3.63) is 17.7 Å². The smallest absolute Gasteiger partial charge is 0.227 e. The van der Waals surface area contributed by atoms with Gasteiger partial charge in [0.05, 0.1) is 18.2 Å². The molecule has 0 saturated carbocycles. The maximum atomic E-state index is 5.64. The number of aromatic nitrogens is 2. The topological polar surface area (TPSA) is 56.8 Å². The predicted molar refractivity (Wildman–Crippen MR) is 125 cm³/mol. The molecule has 1 saturated heterocycles. The number of rotatable bonds is 8. The van der Waals surface area contributed by atoms with E-state index in [1.165, 1.54) is 25.9 Å². The minimum absolute atomic E-state index is 0.674. The lowest BCUT2D eigenvalue weighted by atomic mass is 10.1. The lowest BCUT2D eigenvalue weighted by Crippen LogP contribution is -2.22. The van der Waals surface area contributed by atoms with Crippen LogP contribution in [-0.4, -0.2) is 87.8 Å². The molecule has 0 unspecified atom stereocenters. The van der Waals surface area contributed by atoms with Crippen LogP contribution < -0.4 is 15.0 Å². The summed E-state index contributed by atoms with van der Waals surface area (Å²) in [5.74, 6) is 8.87. The van der Waals surface area contributed by atoms with Crippen LogP contribution in [-0.2, 0) is 0 Å². The van der Waals surface area contributed by atoms with Crippen molar-refractivity contribution in [2.24, 2.45) is 0 Å². The van der Waals surface area contributed by atoms with Crippen molar-refractivity contribution in [1.82, 2.24) is 19.8 Å². The molecule has 1 aromatic carbocycles. The number of anilines is 2. The highest BCUT2D eigenvalue weighted by Gasteiger charge is 2.13. The first-order valence-corrected chi connectivity index (χ1v) is 10.6. The van der Waals surface area contributed by atoms with Crippen molar-refractivity contribution in [1.29, 1.82) is 0 Å². The van der Waals surface area contributed by atoms with E-state index in [0.717, 1.165) is 54.1 Å². The first-order valence-electron chi connectivity index (χ1n) is 10.6. The minimum atomic E-state index is 0.674. The molecule has 1 aliphatic heterocycles. The Morgan fingerprint density at radius 2 is 1.90 bits per heavy atom. The molecule has 1 N–H and O–H groups in total. The van der Waals surface area contributed by atoms with Crippen LogP contribution in [0.1, 0.15) is 24.8 Å². The Balaban J connectivity index is 1.89. The van der Waals surface area contributed by atoms with Gasteiger partial charge in [-0.2, -0.15) is 4.98 Å². The molecular formula is C23H34N6O. The molecule has 0 radical (unpaired) electrons. The average molecular weight is 411 g/mol. The van der Waals surface area contributed by atoms with Gasteiger partial charge in [0.25, 0.3) is 0 Å². The van der Waals surface area contributed by atoms with Gasteiger partial charge in [0, 0.05) is 45.5 Å². The summed E-state index contributed by atoms with van der Waals surface area (Å²) in [5, 5.41) is 4.40. The summed E-state index contributed by atoms with van der Waals surface area (Å²) < 4.78 is 5.64. The van der Waals surface area contributed by atoms with E-state index in [1.807, 2.05) is 31.1 Å². The number of nitrogens with zero attached hydrogens (tertiary/aromatic N) is 5. The third kappa shape index (κ3) is 5.74. The number of likely N-dealkylation sites (N-methyl/N-ethyl adjacent to an activating group) is 1. The lowest BCUT2D eigenvalue weighted by molar-refractivity contribution is 0.348. The molecule has 3 rings (SSSR count). The molecule has 1 fully saturated rings. The van der Waals surface area contributed by atoms with Crippen molar-refractivity contribution < 1.29 is 4.74 Å². The summed E-state index contributed by atoms with van der Waals surface area (Å²) >= 11 is 0. The molecular weight excluding hydrogens is 376 g/mol. The fourth-order valence-electron chi connectivity index (χ4n) is 3.52. The molecule has 162 valence electrons. The van der Waals surface area contributed by atoms with Gasteiger partial charge >= 0.3 is 0 Å². The second-order valence-corrected chi connectivity index (χ2v) is 8.17. The third-order valence-electron chi connectivity index (χ3n) is 5.23. The van der Waals surface area contributed by atoms with E-state index >= 15 is 0 Å². The quantitative estimate of drug-likeness (QED) is 0.671. The Kier molecular flexibility index (Phi) is 7.72. The number of methoxy groups -OCH3 is 1. The average Bonchev–Trinajstić information content (AvgIpc) is 3.23. The van der Waals surface area contributed by atoms with Gasteiger partial charge in [0.1, 0.15) is 11.6 Å². The summed E-state index contributed by atoms with van der Waals surface area (Å²) in [6.45, 7) is 5.16. The Morgan fingerprint density at radius 1 is 1.13 bits per heavy atom. The maximum absolute atomic E-state index is 5.64. The second-order valence-electron chi connectivity index (χ2n) is 8.17. The lowest BCUT2D eigenvalue weighted by Gasteiger charge is -2.17. The molecule has 0 bridgehead atoms. The number of nitrogens with one attached hydrogen (secondary N) is 1. The van der Waals surface area contributed by atoms with Gasteiger partial charge in [-0.15, -0.1) is 0 Å². The van der Waals surface area contributed by atoms with Crippen molar-refractivity contribution in [2.45, 2.75) is 19.3 Å². The maximum Gasteiger partial charge on any atom is 0.227 e. The molecule has 1 aliphatic rings. The predicted octanol–water partition coefficient (Wildman–Crippen LogP) is 2.52. The molecule has 2 aromatic rings. The number of benzene rings is 1. The third-order valence-corrected chi connectivity index (χ3v) is 5.23. The summed E-state index contributed by atoms with van der Waals surface area (Å²) in [6, 6.07) is 4.01. The first kappa shape index (κ1) is 22.1. The van der Waals surface area contributed by atoms with E-state index in [2.05, 4.69) is 41.1 Å². The highest BCUT2D eigenvalue weighted by atomic mass is 16.5. The van der Waals surface area contributed by atoms with Crippen molar-refractivity contribution in [3.63, 3.8) is 0 Å². The van der Waals surface area contributed by atoms with Crippen LogP contribution >= 0.6 is 0 Å². The summed E-state index contributed by atoms with van der Waals surface area (Å²) in [7, 11) is 9.71. The van der Waals surface area contributed by atoms with Crippen LogP contribution in [0.3, 0.4) is 0 Å². The Morgan fingerprint density at radius 3 is 2.57 bits per heavy atom. The number of ether oxygens (including phenoxy) is 1. The SMILES string of the molecule is COc1cc2c(NCCN(C)C)nc(N(C)C)nc2cc1C#CCCN1CCCC1. The molecule has 30 heavy (non-hydrogen) atoms. The van der Waals surface area contributed by atoms with Crippen LogP contribution in [0, 0.1) is 11.8 Å². The number of hydrogen-bond acceptors (Lipinski definition) is 7. The van der Waals surface area contributed by atoms with Crippen LogP contribution in [0.5, 0.6) is 5.75 Å². The van der Waals surface area contributed by atoms with Gasteiger partial charge in [-0.25, -0.2) is 4.98 Å². The van der Waals surface area contributed by atoms with E-state index < -0.39 is 0 Å². The number of likely N-dealkylation sites (tertiary alicyclic amines) is 1. The largest absolute Gasteiger partial charge is 0.495 e. The zero-order valence-corrected chi connectivity index (χ0v) is 19.0. The van der Waals surface area contributed by atoms with Gasteiger partial charge in [0.2, 0.25) is 5.95 Å². The van der Waals surface area contributed by atoms with Crippen LogP contribution in [0.4, 0.5) is 11.8 Å². The molecule has 0 spiro atoms. The Labute approximate surface area is 180 Å². The second kappa shape index (κ2) is 10.5. The fraction of sp³-hybridized carbons (Fsp3) is 0.565. The Hall–Kier alpha value is -2.56. The zero-order valence-electron chi connectivity index (χ0n) is 19.0. The highest BCUT2D eigenvalue weighted by Crippen LogP contribution is 2.30. The molecule has 0 atom stereocenters. The van der Waals surface area contributed by atoms with E-state index in [-0.39, 0.29) is 0 Å². The molecule has 0 aliphatic carbocycles. The summed E-state index contributed by atoms with van der Waals surface area (Å²) in [6.07, 6.45) is 3.49. The van der Waals surface area contributed by atoms with Crippen LogP contribution in [0.15, 0.2) is 12.1 Å². The number of fused-ring (bicyclic) bond motifs is 1. The van der Waals surface area contributed by atoms with Gasteiger partial charge in [-0.3, -0.25) is 0 Å². The highest BCUT2D eigenvalue weighted by molar-refractivity contribution is 5.92. The minimum Gasteiger partial charge on any atom is -0.495 e. The van der Waals surface area contributed by atoms with Crippen LogP contribution in [0.25, 0.3) is 10.9 Å². The zero-order chi connectivity index (χ0) is 21.5. The molecule has 0 amide bonds. The van der Waals surface area contributed by atoms with Gasteiger partial charge in [-0.05, 0) is 52.2 Å². The van der Waals surface area contributed by atoms with E-state index in [4.69, 9.17) is 14.7 Å². The molecule has 1 aromatic heterocycles. The van der Waals surface area contributed by atoms with E-state index in [9.17, 15) is 0 Å². The van der Waals surface area contributed by atoms with Gasteiger partial charge in [-0.1, -0.05) is 11.8 Å². The Bertz CT molecular complexity index is 909. The molecule has 7 heteroatoms. The van der Waals surface area contributed by atoms with E-state index in [0.29, 0.717) is 5.95 Å². The van der Waals surface area contributed by atoms with Crippen molar-refractivity contribution in [3.8, 4) is 17.6 Å². The van der Waals surface area contributed by atoms with Crippen molar-refractivity contribution >= 4 is 22.7 Å². The number of hydrogen-bond donors (Lipinski definition) is 1. The van der Waals surface area contributed by atoms with Crippen molar-refractivity contribution in [2.75, 3.05) is 78.2 Å². The summed E-state index contributed by atoms with van der Waals surface area (Å²) in [5.41, 5.74) is 1.74. The summed E-state index contributed by atoms with van der Waals surface area (Å²) in [4.78, 5) is 16.0. The fourth-order valence-corrected chi connectivity index (χ4v) is 3.52. The molecule has 2 heterocycles. The van der Waals surface area contributed by atoms with Gasteiger partial charge < -0.3 is 24.8 Å². The monoisotopic (exact) mass is 410 g/mol. The standard InChI is InChI=1S/C23H34N6O/c1-27(2)15-11-24-22-19-17-21(30-5)18(10-6-7-12-29-13-8-9-14-29)16-20(19)25-23(26-22)28(3)4/h16-17H,7-9,11-15H2,1-5H3,(H,24,25,26). The molecule has 7 nitrogen and oxygen atoms in total. The normalized spacial score (nSPS) is 14.1. The van der Waals surface area contributed by atoms with Gasteiger partial charge in [0.15, 0.2) is 0 Å². The first-order chi connectivity index (χ1) is 14.5. The van der Waals surface area contributed by atoms with E-state index in [1.54, 1.807) is 7.11 Å². The van der Waals surface area contributed by atoms with Crippen LogP contribution in [0.2, 0.25) is 0 Å².